The summed E-state index contributed by atoms with van der Waals surface area (Å²) in [5.41, 5.74) is 1.65. The highest BCUT2D eigenvalue weighted by molar-refractivity contribution is 9.10. The molecule has 0 radical (unpaired) electrons. The van der Waals surface area contributed by atoms with Gasteiger partial charge < -0.3 is 5.32 Å². The molecule has 2 nitrogen and oxygen atoms in total. The van der Waals surface area contributed by atoms with Gasteiger partial charge in [0.25, 0.3) is 5.91 Å². The van der Waals surface area contributed by atoms with Crippen LogP contribution in [0.4, 0.5) is 10.1 Å². The zero-order valence-electron chi connectivity index (χ0n) is 10.3. The van der Waals surface area contributed by atoms with Crippen LogP contribution in [-0.4, -0.2) is 5.91 Å². The molecule has 1 N–H and O–H groups in total. The molecule has 0 atom stereocenters. The van der Waals surface area contributed by atoms with Gasteiger partial charge in [0.15, 0.2) is 0 Å². The minimum atomic E-state index is -0.481. The van der Waals surface area contributed by atoms with Gasteiger partial charge in [-0.1, -0.05) is 27.5 Å². The van der Waals surface area contributed by atoms with Gasteiger partial charge in [-0.15, -0.1) is 0 Å². The van der Waals surface area contributed by atoms with E-state index in [9.17, 15) is 9.18 Å². The van der Waals surface area contributed by atoms with E-state index < -0.39 is 11.7 Å². The van der Waals surface area contributed by atoms with Crippen molar-refractivity contribution in [2.75, 3.05) is 5.32 Å². The van der Waals surface area contributed by atoms with Crippen molar-refractivity contribution in [1.82, 2.24) is 0 Å². The van der Waals surface area contributed by atoms with Crippen LogP contribution < -0.4 is 5.32 Å². The summed E-state index contributed by atoms with van der Waals surface area (Å²) in [6.07, 6.45) is 0. The van der Waals surface area contributed by atoms with Crippen molar-refractivity contribution in [3.8, 4) is 0 Å². The van der Waals surface area contributed by atoms with Crippen LogP contribution in [0.3, 0.4) is 0 Å². The molecule has 20 heavy (non-hydrogen) atoms. The summed E-state index contributed by atoms with van der Waals surface area (Å²) < 4.78 is 14.5. The first kappa shape index (κ1) is 15.5. The van der Waals surface area contributed by atoms with Crippen molar-refractivity contribution in [3.63, 3.8) is 0 Å². The van der Waals surface area contributed by atoms with Gasteiger partial charge in [-0.3, -0.25) is 4.79 Å². The monoisotopic (exact) mass is 419 g/mol. The number of nitrogens with one attached hydrogen (secondary N) is 1. The Bertz CT molecular complexity index is 671. The first-order valence-electron chi connectivity index (χ1n) is 5.60. The van der Waals surface area contributed by atoms with Gasteiger partial charge in [0.05, 0.1) is 5.69 Å². The number of benzene rings is 2. The summed E-state index contributed by atoms with van der Waals surface area (Å²) in [4.78, 5) is 12.1. The van der Waals surface area contributed by atoms with E-state index in [-0.39, 0.29) is 5.56 Å². The van der Waals surface area contributed by atoms with Crippen LogP contribution in [0.25, 0.3) is 0 Å². The molecule has 0 saturated carbocycles. The molecule has 2 aromatic carbocycles. The van der Waals surface area contributed by atoms with E-state index in [1.807, 2.05) is 6.92 Å². The Morgan fingerprint density at radius 1 is 1.20 bits per heavy atom. The lowest BCUT2D eigenvalue weighted by Gasteiger charge is -2.10. The van der Waals surface area contributed by atoms with Crippen LogP contribution >= 0.6 is 43.5 Å². The largest absolute Gasteiger partial charge is 0.321 e. The highest BCUT2D eigenvalue weighted by Gasteiger charge is 2.11. The Kier molecular flexibility index (Phi) is 4.83. The third-order valence-electron chi connectivity index (χ3n) is 2.62. The lowest BCUT2D eigenvalue weighted by atomic mass is 10.2. The average Bonchev–Trinajstić information content (AvgIpc) is 2.34. The SMILES string of the molecule is Cc1cc(Br)c(NC(=O)c2cc(F)cc(Br)c2)cc1Cl. The van der Waals surface area contributed by atoms with Gasteiger partial charge >= 0.3 is 0 Å². The quantitative estimate of drug-likeness (QED) is 0.675. The van der Waals surface area contributed by atoms with Crippen LogP contribution in [0.2, 0.25) is 5.02 Å². The predicted molar refractivity (Wildman–Crippen MR) is 85.9 cm³/mol. The number of aryl methyl sites for hydroxylation is 1. The fourth-order valence-corrected chi connectivity index (χ4v) is 2.81. The maximum atomic E-state index is 13.3. The number of anilines is 1. The van der Waals surface area contributed by atoms with Crippen LogP contribution in [0.15, 0.2) is 39.3 Å². The van der Waals surface area contributed by atoms with Crippen molar-refractivity contribution < 1.29 is 9.18 Å². The lowest BCUT2D eigenvalue weighted by Crippen LogP contribution is -2.12. The van der Waals surface area contributed by atoms with Gasteiger partial charge in [0.1, 0.15) is 5.82 Å². The molecular weight excluding hydrogens is 412 g/mol. The molecule has 2 aromatic rings. The Morgan fingerprint density at radius 2 is 1.90 bits per heavy atom. The van der Waals surface area contributed by atoms with Crippen molar-refractivity contribution in [3.05, 3.63) is 61.2 Å². The fourth-order valence-electron chi connectivity index (χ4n) is 1.62. The fraction of sp³-hybridized carbons (Fsp3) is 0.0714. The van der Waals surface area contributed by atoms with E-state index in [1.165, 1.54) is 12.1 Å². The van der Waals surface area contributed by atoms with Gasteiger partial charge in [-0.25, -0.2) is 4.39 Å². The van der Waals surface area contributed by atoms with Crippen LogP contribution in [0.5, 0.6) is 0 Å². The second-order valence-electron chi connectivity index (χ2n) is 4.19. The second kappa shape index (κ2) is 6.24. The van der Waals surface area contributed by atoms with Gasteiger partial charge in [-0.05, 0) is 58.7 Å². The number of hydrogen-bond donors (Lipinski definition) is 1. The standard InChI is InChI=1S/C14H9Br2ClFNO/c1-7-2-11(16)13(6-12(7)17)19-14(20)8-3-9(15)5-10(18)4-8/h2-6H,1H3,(H,19,20). The molecule has 0 saturated heterocycles. The lowest BCUT2D eigenvalue weighted by molar-refractivity contribution is 0.102. The Morgan fingerprint density at radius 3 is 2.55 bits per heavy atom. The first-order chi connectivity index (χ1) is 9.36. The molecule has 0 aliphatic carbocycles. The minimum Gasteiger partial charge on any atom is -0.321 e. The Labute approximate surface area is 137 Å². The number of rotatable bonds is 2. The molecule has 2 rings (SSSR count). The Hall–Kier alpha value is -0.910. The van der Waals surface area contributed by atoms with Crippen molar-refractivity contribution in [2.45, 2.75) is 6.92 Å². The van der Waals surface area contributed by atoms with Crippen molar-refractivity contribution >= 4 is 55.1 Å². The minimum absolute atomic E-state index is 0.223. The molecule has 0 aromatic heterocycles. The summed E-state index contributed by atoms with van der Waals surface area (Å²) in [6.45, 7) is 1.86. The maximum absolute atomic E-state index is 13.3. The van der Waals surface area contributed by atoms with Gasteiger partial charge in [0.2, 0.25) is 0 Å². The maximum Gasteiger partial charge on any atom is 0.255 e. The molecule has 0 aliphatic rings. The van der Waals surface area contributed by atoms with E-state index in [4.69, 9.17) is 11.6 Å². The van der Waals surface area contributed by atoms with Gasteiger partial charge in [0, 0.05) is 19.5 Å². The summed E-state index contributed by atoms with van der Waals surface area (Å²) in [5, 5.41) is 3.24. The van der Waals surface area contributed by atoms with E-state index in [1.54, 1.807) is 18.2 Å². The molecule has 0 unspecified atom stereocenters. The first-order valence-corrected chi connectivity index (χ1v) is 7.56. The molecule has 0 fully saturated rings. The van der Waals surface area contributed by atoms with E-state index in [0.29, 0.717) is 19.7 Å². The van der Waals surface area contributed by atoms with Crippen molar-refractivity contribution in [1.29, 1.82) is 0 Å². The molecule has 0 heterocycles. The molecule has 1 amide bonds. The molecule has 104 valence electrons. The molecule has 0 aliphatic heterocycles. The van der Waals surface area contributed by atoms with E-state index >= 15 is 0 Å². The summed E-state index contributed by atoms with van der Waals surface area (Å²) in [5.74, 6) is -0.892. The molecular formula is C14H9Br2ClFNO. The van der Waals surface area contributed by atoms with Crippen molar-refractivity contribution in [2.24, 2.45) is 0 Å². The average molecular weight is 421 g/mol. The number of carbonyl (C=O) groups is 1. The van der Waals surface area contributed by atoms with Crippen LogP contribution in [-0.2, 0) is 0 Å². The van der Waals surface area contributed by atoms with Gasteiger partial charge in [-0.2, -0.15) is 0 Å². The van der Waals surface area contributed by atoms with E-state index in [0.717, 1.165) is 5.56 Å². The van der Waals surface area contributed by atoms with E-state index in [2.05, 4.69) is 37.2 Å². The smallest absolute Gasteiger partial charge is 0.255 e. The zero-order valence-corrected chi connectivity index (χ0v) is 14.2. The summed E-state index contributed by atoms with van der Waals surface area (Å²) >= 11 is 12.5. The number of halogens is 4. The number of amides is 1. The van der Waals surface area contributed by atoms with Crippen LogP contribution in [0.1, 0.15) is 15.9 Å². The van der Waals surface area contributed by atoms with Crippen LogP contribution in [0, 0.1) is 12.7 Å². The molecule has 6 heteroatoms. The normalized spacial score (nSPS) is 10.4. The summed E-state index contributed by atoms with van der Waals surface area (Å²) in [7, 11) is 0. The molecule has 0 spiro atoms. The summed E-state index contributed by atoms with van der Waals surface area (Å²) in [6, 6.07) is 7.45. The topological polar surface area (TPSA) is 29.1 Å². The second-order valence-corrected chi connectivity index (χ2v) is 6.37. The Balaban J connectivity index is 2.30. The number of carbonyl (C=O) groups excluding carboxylic acids is 1. The third-order valence-corrected chi connectivity index (χ3v) is 4.14. The highest BCUT2D eigenvalue weighted by Crippen LogP contribution is 2.29. The molecule has 0 bridgehead atoms. The number of hydrogen-bond acceptors (Lipinski definition) is 1. The highest BCUT2D eigenvalue weighted by atomic mass is 79.9. The zero-order chi connectivity index (χ0) is 14.9. The third kappa shape index (κ3) is 3.59. The predicted octanol–water partition coefficient (Wildman–Crippen LogP) is 5.56.